The Kier molecular flexibility index (Phi) is 11.2. The molecule has 0 rings (SSSR count). The zero-order valence-corrected chi connectivity index (χ0v) is 11.2. The summed E-state index contributed by atoms with van der Waals surface area (Å²) >= 11 is 0. The van der Waals surface area contributed by atoms with Crippen molar-refractivity contribution in [2.24, 2.45) is 5.73 Å². The molecule has 5 N–H and O–H groups in total. The van der Waals surface area contributed by atoms with E-state index in [0.29, 0.717) is 32.2 Å². The van der Waals surface area contributed by atoms with Gasteiger partial charge in [-0.2, -0.15) is 0 Å². The van der Waals surface area contributed by atoms with E-state index in [1.165, 1.54) is 0 Å². The van der Waals surface area contributed by atoms with Gasteiger partial charge in [-0.15, -0.1) is 0 Å². The topological polar surface area (TPSA) is 98.8 Å². The van der Waals surface area contributed by atoms with Crippen LogP contribution in [0.5, 0.6) is 0 Å². The molecule has 0 saturated heterocycles. The van der Waals surface area contributed by atoms with Crippen molar-refractivity contribution >= 4 is 6.29 Å². The highest BCUT2D eigenvalue weighted by molar-refractivity contribution is 5.49. The van der Waals surface area contributed by atoms with Gasteiger partial charge in [0, 0.05) is 19.5 Å². The molecule has 0 aromatic rings. The SMILES string of the molecule is CCCCN(CCCC(O)O)NC(N)CCC=O. The number of unbranched alkanes of at least 4 members (excludes halogenated alkanes) is 1. The third-order valence-electron chi connectivity index (χ3n) is 2.62. The Bertz CT molecular complexity index is 203. The van der Waals surface area contributed by atoms with Gasteiger partial charge in [-0.05, 0) is 25.7 Å². The summed E-state index contributed by atoms with van der Waals surface area (Å²) in [6.07, 6.45) is 3.62. The number of carbonyl (C=O) groups excluding carboxylic acids is 1. The Morgan fingerprint density at radius 2 is 1.94 bits per heavy atom. The first-order chi connectivity index (χ1) is 8.60. The van der Waals surface area contributed by atoms with Gasteiger partial charge in [0.25, 0.3) is 0 Å². The van der Waals surface area contributed by atoms with Gasteiger partial charge >= 0.3 is 0 Å². The van der Waals surface area contributed by atoms with E-state index in [4.69, 9.17) is 15.9 Å². The molecule has 0 amide bonds. The highest BCUT2D eigenvalue weighted by Gasteiger charge is 2.09. The minimum absolute atomic E-state index is 0.230. The van der Waals surface area contributed by atoms with E-state index in [2.05, 4.69) is 12.3 Å². The molecule has 0 aromatic heterocycles. The lowest BCUT2D eigenvalue weighted by molar-refractivity contribution is -0.108. The molecular formula is C12H27N3O3. The summed E-state index contributed by atoms with van der Waals surface area (Å²) < 4.78 is 0. The Morgan fingerprint density at radius 1 is 1.28 bits per heavy atom. The zero-order chi connectivity index (χ0) is 13.8. The molecule has 108 valence electrons. The van der Waals surface area contributed by atoms with E-state index in [0.717, 1.165) is 25.7 Å². The lowest BCUT2D eigenvalue weighted by Gasteiger charge is -2.27. The van der Waals surface area contributed by atoms with E-state index in [1.54, 1.807) is 0 Å². The second kappa shape index (κ2) is 11.6. The standard InChI is InChI=1S/C12H27N3O3/c1-2-3-8-15(9-4-7-12(17)18)14-11(13)6-5-10-16/h10-12,14,17-18H,2-9,13H2,1H3. The fourth-order valence-electron chi connectivity index (χ4n) is 1.60. The van der Waals surface area contributed by atoms with Crippen molar-refractivity contribution in [2.75, 3.05) is 13.1 Å². The number of hydrazine groups is 1. The number of aliphatic hydroxyl groups is 2. The molecule has 0 saturated carbocycles. The van der Waals surface area contributed by atoms with Gasteiger partial charge in [-0.3, -0.25) is 0 Å². The monoisotopic (exact) mass is 261 g/mol. The molecule has 6 nitrogen and oxygen atoms in total. The first-order valence-corrected chi connectivity index (χ1v) is 6.66. The highest BCUT2D eigenvalue weighted by atomic mass is 16.5. The molecular weight excluding hydrogens is 234 g/mol. The summed E-state index contributed by atoms with van der Waals surface area (Å²) in [4.78, 5) is 10.3. The van der Waals surface area contributed by atoms with Crippen molar-refractivity contribution in [3.8, 4) is 0 Å². The fraction of sp³-hybridized carbons (Fsp3) is 0.917. The molecule has 0 aliphatic carbocycles. The number of nitrogens with two attached hydrogens (primary N) is 1. The molecule has 0 aliphatic heterocycles. The Morgan fingerprint density at radius 3 is 2.50 bits per heavy atom. The second-order valence-electron chi connectivity index (χ2n) is 4.44. The van der Waals surface area contributed by atoms with Crippen LogP contribution >= 0.6 is 0 Å². The predicted molar refractivity (Wildman–Crippen MR) is 70.3 cm³/mol. The third kappa shape index (κ3) is 10.6. The zero-order valence-electron chi connectivity index (χ0n) is 11.2. The van der Waals surface area contributed by atoms with Crippen LogP contribution in [0.25, 0.3) is 0 Å². The van der Waals surface area contributed by atoms with Crippen LogP contribution in [-0.4, -0.2) is 47.1 Å². The number of hydrogen-bond donors (Lipinski definition) is 4. The van der Waals surface area contributed by atoms with Gasteiger partial charge in [-0.1, -0.05) is 13.3 Å². The van der Waals surface area contributed by atoms with Crippen molar-refractivity contribution in [3.63, 3.8) is 0 Å². The van der Waals surface area contributed by atoms with Crippen molar-refractivity contribution in [3.05, 3.63) is 0 Å². The summed E-state index contributed by atoms with van der Waals surface area (Å²) in [5.41, 5.74) is 9.00. The van der Waals surface area contributed by atoms with Crippen molar-refractivity contribution < 1.29 is 15.0 Å². The molecule has 0 spiro atoms. The van der Waals surface area contributed by atoms with Crippen LogP contribution in [0, 0.1) is 0 Å². The first-order valence-electron chi connectivity index (χ1n) is 6.66. The molecule has 0 fully saturated rings. The maximum atomic E-state index is 10.3. The predicted octanol–water partition coefficient (Wildman–Crippen LogP) is -0.0521. The van der Waals surface area contributed by atoms with Crippen LogP contribution in [0.2, 0.25) is 0 Å². The summed E-state index contributed by atoms with van der Waals surface area (Å²) in [5, 5.41) is 19.6. The maximum absolute atomic E-state index is 10.3. The van der Waals surface area contributed by atoms with Gasteiger partial charge in [0.2, 0.25) is 0 Å². The number of aldehydes is 1. The van der Waals surface area contributed by atoms with Gasteiger partial charge in [0.15, 0.2) is 6.29 Å². The molecule has 0 radical (unpaired) electrons. The Hall–Kier alpha value is -0.530. The average molecular weight is 261 g/mol. The maximum Gasteiger partial charge on any atom is 0.151 e. The number of nitrogens with zero attached hydrogens (tertiary/aromatic N) is 1. The van der Waals surface area contributed by atoms with Crippen LogP contribution in [0.15, 0.2) is 0 Å². The van der Waals surface area contributed by atoms with Crippen LogP contribution in [0.1, 0.15) is 45.4 Å². The van der Waals surface area contributed by atoms with Gasteiger partial charge in [-0.25, -0.2) is 10.4 Å². The molecule has 1 unspecified atom stereocenters. The lowest BCUT2D eigenvalue weighted by Crippen LogP contribution is -2.50. The van der Waals surface area contributed by atoms with Gasteiger partial charge in [0.05, 0.1) is 6.17 Å². The summed E-state index contributed by atoms with van der Waals surface area (Å²) in [7, 11) is 0. The minimum Gasteiger partial charge on any atom is -0.368 e. The van der Waals surface area contributed by atoms with Gasteiger partial charge in [0.1, 0.15) is 6.29 Å². The largest absolute Gasteiger partial charge is 0.368 e. The molecule has 6 heteroatoms. The Labute approximate surface area is 109 Å². The first kappa shape index (κ1) is 17.5. The highest BCUT2D eigenvalue weighted by Crippen LogP contribution is 2.00. The summed E-state index contributed by atoms with van der Waals surface area (Å²) in [6.45, 7) is 3.70. The third-order valence-corrected chi connectivity index (χ3v) is 2.62. The van der Waals surface area contributed by atoms with E-state index in [9.17, 15) is 4.79 Å². The van der Waals surface area contributed by atoms with E-state index in [-0.39, 0.29) is 6.17 Å². The molecule has 0 aromatic carbocycles. The summed E-state index contributed by atoms with van der Waals surface area (Å²) in [6, 6.07) is 0. The smallest absolute Gasteiger partial charge is 0.151 e. The molecule has 0 aliphatic rings. The number of aliphatic hydroxyl groups excluding tert-OH is 1. The molecule has 0 bridgehead atoms. The number of nitrogens with one attached hydrogen (secondary N) is 1. The second-order valence-corrected chi connectivity index (χ2v) is 4.44. The van der Waals surface area contributed by atoms with E-state index < -0.39 is 6.29 Å². The van der Waals surface area contributed by atoms with Crippen LogP contribution < -0.4 is 11.2 Å². The Balaban J connectivity index is 3.92. The minimum atomic E-state index is -1.25. The van der Waals surface area contributed by atoms with Crippen LogP contribution in [0.3, 0.4) is 0 Å². The van der Waals surface area contributed by atoms with Gasteiger partial charge < -0.3 is 20.7 Å². The number of hydrogen-bond acceptors (Lipinski definition) is 6. The number of carbonyl (C=O) groups is 1. The van der Waals surface area contributed by atoms with Crippen molar-refractivity contribution in [1.29, 1.82) is 0 Å². The van der Waals surface area contributed by atoms with Crippen molar-refractivity contribution in [2.45, 2.75) is 57.9 Å². The average Bonchev–Trinajstić information content (AvgIpc) is 2.32. The molecule has 0 heterocycles. The fourth-order valence-corrected chi connectivity index (χ4v) is 1.60. The molecule has 1 atom stereocenters. The lowest BCUT2D eigenvalue weighted by atomic mass is 10.2. The van der Waals surface area contributed by atoms with Crippen molar-refractivity contribution in [1.82, 2.24) is 10.4 Å². The molecule has 18 heavy (non-hydrogen) atoms. The summed E-state index contributed by atoms with van der Waals surface area (Å²) in [5.74, 6) is 0. The van der Waals surface area contributed by atoms with Crippen LogP contribution in [0.4, 0.5) is 0 Å². The van der Waals surface area contributed by atoms with E-state index in [1.807, 2.05) is 5.01 Å². The number of rotatable bonds is 12. The van der Waals surface area contributed by atoms with Crippen LogP contribution in [-0.2, 0) is 4.79 Å². The normalized spacial score (nSPS) is 13.2. The van der Waals surface area contributed by atoms with E-state index >= 15 is 0 Å². The quantitative estimate of drug-likeness (QED) is 0.223.